The van der Waals surface area contributed by atoms with Crippen molar-refractivity contribution in [1.29, 1.82) is 0 Å². The van der Waals surface area contributed by atoms with E-state index in [0.29, 0.717) is 0 Å². The zero-order valence-corrected chi connectivity index (χ0v) is 6.75. The van der Waals surface area contributed by atoms with Crippen LogP contribution in [0, 0.1) is 11.8 Å². The molecule has 0 fully saturated rings. The van der Waals surface area contributed by atoms with Crippen LogP contribution in [0.25, 0.3) is 0 Å². The number of aromatic nitrogens is 1. The number of halogens is 7. The maximum Gasteiger partial charge on any atom is 0.421 e. The van der Waals surface area contributed by atoms with Crippen molar-refractivity contribution in [2.24, 2.45) is 0 Å². The molecule has 0 aliphatic rings. The largest absolute Gasteiger partial charge is 0.421 e. The van der Waals surface area contributed by atoms with E-state index in [1.165, 1.54) is 0 Å². The lowest BCUT2D eigenvalue weighted by Crippen LogP contribution is -2.15. The Morgan fingerprint density at radius 2 is 1.67 bits per heavy atom. The smallest absolute Gasteiger partial charge is 0.225 e. The molecule has 0 amide bonds. The molecular weight excluding hydrogens is 231 g/mol. The standard InChI is InChI=1S/C7H2F7N/c8-2-1-15-6(11)4(7(12,13)14)3(2)5(9)10/h1,5H. The van der Waals surface area contributed by atoms with Gasteiger partial charge in [0.2, 0.25) is 5.95 Å². The summed E-state index contributed by atoms with van der Waals surface area (Å²) in [6.45, 7) is 0. The molecule has 0 aliphatic heterocycles. The van der Waals surface area contributed by atoms with Crippen LogP contribution in [0.15, 0.2) is 6.20 Å². The van der Waals surface area contributed by atoms with Crippen molar-refractivity contribution in [2.75, 3.05) is 0 Å². The number of alkyl halides is 5. The number of hydrogen-bond donors (Lipinski definition) is 0. The van der Waals surface area contributed by atoms with Gasteiger partial charge in [0.15, 0.2) is 5.82 Å². The van der Waals surface area contributed by atoms with Gasteiger partial charge >= 0.3 is 6.18 Å². The molecule has 0 aromatic carbocycles. The quantitative estimate of drug-likeness (QED) is 0.535. The van der Waals surface area contributed by atoms with E-state index in [4.69, 9.17) is 0 Å². The monoisotopic (exact) mass is 233 g/mol. The Kier molecular flexibility index (Phi) is 2.87. The van der Waals surface area contributed by atoms with Crippen molar-refractivity contribution in [3.63, 3.8) is 0 Å². The summed E-state index contributed by atoms with van der Waals surface area (Å²) in [5.41, 5.74) is -4.38. The van der Waals surface area contributed by atoms with E-state index in [9.17, 15) is 30.7 Å². The van der Waals surface area contributed by atoms with Gasteiger partial charge in [-0.15, -0.1) is 0 Å². The third kappa shape index (κ3) is 2.18. The summed E-state index contributed by atoms with van der Waals surface area (Å²) in [4.78, 5) is 2.39. The van der Waals surface area contributed by atoms with E-state index < -0.39 is 35.5 Å². The number of pyridine rings is 1. The van der Waals surface area contributed by atoms with E-state index in [0.717, 1.165) is 0 Å². The minimum absolute atomic E-state index is 0.0218. The maximum absolute atomic E-state index is 12.6. The van der Waals surface area contributed by atoms with Crippen molar-refractivity contribution in [3.8, 4) is 0 Å². The number of rotatable bonds is 1. The van der Waals surface area contributed by atoms with Gasteiger partial charge < -0.3 is 0 Å². The van der Waals surface area contributed by atoms with Gasteiger partial charge in [0, 0.05) is 0 Å². The van der Waals surface area contributed by atoms with Crippen LogP contribution >= 0.6 is 0 Å². The van der Waals surface area contributed by atoms with Gasteiger partial charge in [0.25, 0.3) is 6.43 Å². The van der Waals surface area contributed by atoms with E-state index in [2.05, 4.69) is 4.98 Å². The van der Waals surface area contributed by atoms with Gasteiger partial charge in [-0.3, -0.25) is 0 Å². The molecule has 0 saturated heterocycles. The van der Waals surface area contributed by atoms with Crippen molar-refractivity contribution in [2.45, 2.75) is 12.6 Å². The summed E-state index contributed by atoms with van der Waals surface area (Å²) < 4.78 is 85.5. The van der Waals surface area contributed by atoms with E-state index in [1.807, 2.05) is 0 Å². The lowest BCUT2D eigenvalue weighted by atomic mass is 10.1. The van der Waals surface area contributed by atoms with Crippen LogP contribution in [0.5, 0.6) is 0 Å². The molecule has 1 nitrogen and oxygen atoms in total. The topological polar surface area (TPSA) is 12.9 Å². The third-order valence-electron chi connectivity index (χ3n) is 1.53. The Labute approximate surface area is 78.5 Å². The molecule has 84 valence electrons. The predicted octanol–water partition coefficient (Wildman–Crippen LogP) is 3.32. The van der Waals surface area contributed by atoms with Crippen LogP contribution in [0.4, 0.5) is 30.7 Å². The van der Waals surface area contributed by atoms with Crippen LogP contribution in [-0.2, 0) is 6.18 Å². The van der Waals surface area contributed by atoms with Crippen molar-refractivity contribution in [1.82, 2.24) is 4.98 Å². The number of nitrogens with zero attached hydrogens (tertiary/aromatic N) is 1. The van der Waals surface area contributed by atoms with Gasteiger partial charge in [-0.25, -0.2) is 18.2 Å². The molecule has 0 radical (unpaired) electrons. The van der Waals surface area contributed by atoms with Gasteiger partial charge in [-0.2, -0.15) is 17.6 Å². The Balaban J connectivity index is 3.53. The second-order valence-corrected chi connectivity index (χ2v) is 2.48. The van der Waals surface area contributed by atoms with Crippen molar-refractivity contribution >= 4 is 0 Å². The first-order valence-electron chi connectivity index (χ1n) is 3.44. The van der Waals surface area contributed by atoms with Crippen LogP contribution in [0.2, 0.25) is 0 Å². The summed E-state index contributed by atoms with van der Waals surface area (Å²) in [5.74, 6) is -4.06. The Hall–Kier alpha value is -1.34. The average molecular weight is 233 g/mol. The van der Waals surface area contributed by atoms with Crippen LogP contribution in [0.1, 0.15) is 17.6 Å². The lowest BCUT2D eigenvalue weighted by Gasteiger charge is -2.12. The zero-order valence-electron chi connectivity index (χ0n) is 6.75. The molecule has 0 N–H and O–H groups in total. The van der Waals surface area contributed by atoms with Crippen LogP contribution < -0.4 is 0 Å². The second-order valence-electron chi connectivity index (χ2n) is 2.48. The summed E-state index contributed by atoms with van der Waals surface area (Å²) in [6.07, 6.45) is -9.20. The van der Waals surface area contributed by atoms with Gasteiger partial charge in [-0.05, 0) is 0 Å². The van der Waals surface area contributed by atoms with Crippen molar-refractivity contribution in [3.05, 3.63) is 29.1 Å². The van der Waals surface area contributed by atoms with E-state index in [1.54, 1.807) is 0 Å². The molecule has 0 aliphatic carbocycles. The maximum atomic E-state index is 12.6. The highest BCUT2D eigenvalue weighted by atomic mass is 19.4. The average Bonchev–Trinajstić information content (AvgIpc) is 2.05. The van der Waals surface area contributed by atoms with Crippen molar-refractivity contribution < 1.29 is 30.7 Å². The zero-order chi connectivity index (χ0) is 11.8. The van der Waals surface area contributed by atoms with Gasteiger partial charge in [-0.1, -0.05) is 0 Å². The fourth-order valence-electron chi connectivity index (χ4n) is 0.961. The van der Waals surface area contributed by atoms with E-state index in [-0.39, 0.29) is 6.20 Å². The molecule has 0 spiro atoms. The number of hydrogen-bond acceptors (Lipinski definition) is 1. The Bertz CT molecular complexity index is 370. The first-order chi connectivity index (χ1) is 6.75. The highest BCUT2D eigenvalue weighted by molar-refractivity contribution is 5.29. The molecule has 1 rings (SSSR count). The molecule has 0 atom stereocenters. The first-order valence-corrected chi connectivity index (χ1v) is 3.44. The first kappa shape index (κ1) is 11.7. The highest BCUT2D eigenvalue weighted by Gasteiger charge is 2.41. The summed E-state index contributed by atoms with van der Waals surface area (Å²) in [7, 11) is 0. The molecule has 1 heterocycles. The van der Waals surface area contributed by atoms with Gasteiger partial charge in [0.05, 0.1) is 11.8 Å². The lowest BCUT2D eigenvalue weighted by molar-refractivity contribution is -0.142. The summed E-state index contributed by atoms with van der Waals surface area (Å²) in [5, 5.41) is 0. The third-order valence-corrected chi connectivity index (χ3v) is 1.53. The molecule has 1 aromatic heterocycles. The molecule has 1 aromatic rings. The SMILES string of the molecule is Fc1cnc(F)c(C(F)(F)F)c1C(F)F. The Morgan fingerprint density at radius 1 is 1.13 bits per heavy atom. The summed E-state index contributed by atoms with van der Waals surface area (Å²) in [6, 6.07) is 0. The van der Waals surface area contributed by atoms with Crippen LogP contribution in [0.3, 0.4) is 0 Å². The normalized spacial score (nSPS) is 12.3. The molecule has 0 bridgehead atoms. The minimum Gasteiger partial charge on any atom is -0.225 e. The fraction of sp³-hybridized carbons (Fsp3) is 0.286. The van der Waals surface area contributed by atoms with E-state index >= 15 is 0 Å². The molecule has 0 unspecified atom stereocenters. The fourth-order valence-corrected chi connectivity index (χ4v) is 0.961. The van der Waals surface area contributed by atoms with Gasteiger partial charge in [0.1, 0.15) is 5.56 Å². The molecule has 0 saturated carbocycles. The summed E-state index contributed by atoms with van der Waals surface area (Å²) >= 11 is 0. The molecule has 15 heavy (non-hydrogen) atoms. The molecule has 8 heteroatoms. The second kappa shape index (κ2) is 3.67. The van der Waals surface area contributed by atoms with Crippen LogP contribution in [-0.4, -0.2) is 4.98 Å². The predicted molar refractivity (Wildman–Crippen MR) is 34.1 cm³/mol. The Morgan fingerprint density at radius 3 is 2.00 bits per heavy atom. The molecular formula is C7H2F7N. The highest BCUT2D eigenvalue weighted by Crippen LogP contribution is 2.38. The minimum atomic E-state index is -5.41.